The van der Waals surface area contributed by atoms with Crippen LogP contribution >= 0.6 is 23.2 Å². The molecule has 0 saturated heterocycles. The van der Waals surface area contributed by atoms with Gasteiger partial charge >= 0.3 is 5.97 Å². The van der Waals surface area contributed by atoms with Crippen LogP contribution in [0.5, 0.6) is 11.5 Å². The zero-order valence-electron chi connectivity index (χ0n) is 14.2. The maximum atomic E-state index is 12.3. The summed E-state index contributed by atoms with van der Waals surface area (Å²) in [7, 11) is 2.84. The molecule has 0 fully saturated rings. The fourth-order valence-electron chi connectivity index (χ4n) is 2.00. The first-order chi connectivity index (χ1) is 12.3. The highest BCUT2D eigenvalue weighted by Gasteiger charge is 2.22. The van der Waals surface area contributed by atoms with Gasteiger partial charge in [0.1, 0.15) is 5.82 Å². The van der Waals surface area contributed by atoms with Gasteiger partial charge in [0, 0.05) is 6.20 Å². The summed E-state index contributed by atoms with van der Waals surface area (Å²) in [6.45, 7) is 1.44. The second-order valence-corrected chi connectivity index (χ2v) is 5.94. The summed E-state index contributed by atoms with van der Waals surface area (Å²) in [5, 5.41) is 3.14. The van der Waals surface area contributed by atoms with Crippen LogP contribution in [0.2, 0.25) is 10.0 Å². The molecule has 0 saturated carbocycles. The number of nitrogens with zero attached hydrogens (tertiary/aromatic N) is 1. The Morgan fingerprint density at radius 1 is 1.15 bits per heavy atom. The van der Waals surface area contributed by atoms with Crippen molar-refractivity contribution >= 4 is 40.9 Å². The highest BCUT2D eigenvalue weighted by Crippen LogP contribution is 2.36. The molecule has 0 aliphatic rings. The van der Waals surface area contributed by atoms with E-state index in [9.17, 15) is 9.59 Å². The van der Waals surface area contributed by atoms with E-state index in [2.05, 4.69) is 10.3 Å². The number of amides is 1. The molecular formula is C17H16Cl2N2O5. The van der Waals surface area contributed by atoms with E-state index in [0.29, 0.717) is 10.8 Å². The number of pyridine rings is 1. The molecule has 2 rings (SSSR count). The molecule has 26 heavy (non-hydrogen) atoms. The fraction of sp³-hybridized carbons (Fsp3) is 0.235. The number of rotatable bonds is 6. The molecule has 9 heteroatoms. The minimum atomic E-state index is -1.06. The predicted molar refractivity (Wildman–Crippen MR) is 97.3 cm³/mol. The molecule has 1 aromatic carbocycles. The Labute approximate surface area is 160 Å². The smallest absolute Gasteiger partial charge is 0.339 e. The van der Waals surface area contributed by atoms with Crippen molar-refractivity contribution in [1.29, 1.82) is 0 Å². The van der Waals surface area contributed by atoms with Gasteiger partial charge in [0.2, 0.25) is 0 Å². The lowest BCUT2D eigenvalue weighted by Crippen LogP contribution is -2.30. The summed E-state index contributed by atoms with van der Waals surface area (Å²) in [6, 6.07) is 5.89. The summed E-state index contributed by atoms with van der Waals surface area (Å²) in [5.74, 6) is -0.421. The second kappa shape index (κ2) is 8.73. The first-order valence-electron chi connectivity index (χ1n) is 7.40. The highest BCUT2D eigenvalue weighted by molar-refractivity contribution is 6.32. The molecule has 0 unspecified atom stereocenters. The molecule has 0 radical (unpaired) electrons. The number of hydrogen-bond acceptors (Lipinski definition) is 6. The third-order valence-electron chi connectivity index (χ3n) is 3.30. The number of ether oxygens (including phenoxy) is 3. The molecule has 1 atom stereocenters. The van der Waals surface area contributed by atoms with Gasteiger partial charge in [0.15, 0.2) is 17.6 Å². The van der Waals surface area contributed by atoms with Crippen LogP contribution in [0.4, 0.5) is 5.82 Å². The summed E-state index contributed by atoms with van der Waals surface area (Å²) in [4.78, 5) is 28.3. The van der Waals surface area contributed by atoms with Crippen molar-refractivity contribution in [3.8, 4) is 11.5 Å². The number of carbonyl (C=O) groups is 2. The minimum Gasteiger partial charge on any atom is -0.493 e. The summed E-state index contributed by atoms with van der Waals surface area (Å²) in [6.07, 6.45) is 0.325. The first kappa shape index (κ1) is 19.8. The van der Waals surface area contributed by atoms with Crippen LogP contribution in [0, 0.1) is 0 Å². The van der Waals surface area contributed by atoms with Gasteiger partial charge in [-0.1, -0.05) is 23.2 Å². The van der Waals surface area contributed by atoms with Crippen LogP contribution < -0.4 is 14.8 Å². The lowest BCUT2D eigenvalue weighted by atomic mass is 10.2. The summed E-state index contributed by atoms with van der Waals surface area (Å²) >= 11 is 11.8. The van der Waals surface area contributed by atoms with E-state index in [1.165, 1.54) is 45.5 Å². The van der Waals surface area contributed by atoms with Crippen LogP contribution in [-0.4, -0.2) is 37.2 Å². The molecule has 1 heterocycles. The second-order valence-electron chi connectivity index (χ2n) is 5.09. The lowest BCUT2D eigenvalue weighted by molar-refractivity contribution is -0.123. The van der Waals surface area contributed by atoms with Crippen LogP contribution in [0.25, 0.3) is 0 Å². The zero-order valence-corrected chi connectivity index (χ0v) is 15.7. The summed E-state index contributed by atoms with van der Waals surface area (Å²) in [5.41, 5.74) is 0.122. The van der Waals surface area contributed by atoms with Crippen molar-refractivity contribution in [3.05, 3.63) is 46.1 Å². The van der Waals surface area contributed by atoms with Crippen LogP contribution in [-0.2, 0) is 9.53 Å². The van der Waals surface area contributed by atoms with E-state index in [-0.39, 0.29) is 22.2 Å². The van der Waals surface area contributed by atoms with Crippen LogP contribution in [0.1, 0.15) is 17.3 Å². The first-order valence-corrected chi connectivity index (χ1v) is 8.16. The van der Waals surface area contributed by atoms with E-state index in [0.717, 1.165) is 0 Å². The van der Waals surface area contributed by atoms with Gasteiger partial charge in [-0.2, -0.15) is 0 Å². The third-order valence-corrected chi connectivity index (χ3v) is 3.81. The molecule has 138 valence electrons. The monoisotopic (exact) mass is 398 g/mol. The number of halogens is 2. The van der Waals surface area contributed by atoms with Crippen molar-refractivity contribution in [2.24, 2.45) is 0 Å². The third kappa shape index (κ3) is 4.77. The Bertz CT molecular complexity index is 812. The topological polar surface area (TPSA) is 86.8 Å². The Morgan fingerprint density at radius 3 is 2.46 bits per heavy atom. The Morgan fingerprint density at radius 2 is 1.88 bits per heavy atom. The van der Waals surface area contributed by atoms with Gasteiger partial charge in [0.25, 0.3) is 5.91 Å². The molecule has 7 nitrogen and oxygen atoms in total. The number of methoxy groups -OCH3 is 2. The molecule has 2 aromatic rings. The molecule has 0 aliphatic carbocycles. The largest absolute Gasteiger partial charge is 0.493 e. The molecule has 0 aliphatic heterocycles. The Balaban J connectivity index is 2.07. The molecule has 0 bridgehead atoms. The zero-order chi connectivity index (χ0) is 19.3. The Hall–Kier alpha value is -2.51. The van der Waals surface area contributed by atoms with Crippen LogP contribution in [0.3, 0.4) is 0 Å². The lowest BCUT2D eigenvalue weighted by Gasteiger charge is -2.15. The van der Waals surface area contributed by atoms with Gasteiger partial charge in [-0.05, 0) is 31.2 Å². The number of benzene rings is 1. The standard InChI is InChI=1S/C17H16Cl2N2O5/c1-9(16(22)21-14-5-4-11(18)8-20-14)26-17(23)10-6-12(19)15(25-3)13(7-10)24-2/h4-9H,1-3H3,(H,20,21,22)/t9-/m1/s1. The van der Waals surface area contributed by atoms with E-state index < -0.39 is 18.0 Å². The molecule has 1 aromatic heterocycles. The average Bonchev–Trinajstić information content (AvgIpc) is 2.62. The molecule has 1 amide bonds. The SMILES string of the molecule is COc1cc(C(=O)O[C@H](C)C(=O)Nc2ccc(Cl)cn2)cc(Cl)c1OC. The number of anilines is 1. The number of carbonyl (C=O) groups excluding carboxylic acids is 2. The number of nitrogens with one attached hydrogen (secondary N) is 1. The average molecular weight is 399 g/mol. The summed E-state index contributed by atoms with van der Waals surface area (Å²) < 4.78 is 15.4. The van der Waals surface area contributed by atoms with Crippen molar-refractivity contribution < 1.29 is 23.8 Å². The number of hydrogen-bond donors (Lipinski definition) is 1. The minimum absolute atomic E-state index is 0.122. The van der Waals surface area contributed by atoms with Crippen molar-refractivity contribution in [3.63, 3.8) is 0 Å². The molecule has 1 N–H and O–H groups in total. The maximum Gasteiger partial charge on any atom is 0.339 e. The molecule has 0 spiro atoms. The van der Waals surface area contributed by atoms with E-state index >= 15 is 0 Å². The van der Waals surface area contributed by atoms with E-state index in [1.54, 1.807) is 6.07 Å². The van der Waals surface area contributed by atoms with Gasteiger partial charge in [-0.25, -0.2) is 9.78 Å². The van der Waals surface area contributed by atoms with Gasteiger partial charge in [-0.15, -0.1) is 0 Å². The van der Waals surface area contributed by atoms with Gasteiger partial charge in [0.05, 0.1) is 29.8 Å². The highest BCUT2D eigenvalue weighted by atomic mass is 35.5. The Kier molecular flexibility index (Phi) is 6.65. The van der Waals surface area contributed by atoms with Crippen LogP contribution in [0.15, 0.2) is 30.5 Å². The molecular weight excluding hydrogens is 383 g/mol. The maximum absolute atomic E-state index is 12.3. The fourth-order valence-corrected chi connectivity index (χ4v) is 2.40. The van der Waals surface area contributed by atoms with E-state index in [1.807, 2.05) is 0 Å². The van der Waals surface area contributed by atoms with Gasteiger partial charge in [-0.3, -0.25) is 4.79 Å². The van der Waals surface area contributed by atoms with Crippen molar-refractivity contribution in [1.82, 2.24) is 4.98 Å². The van der Waals surface area contributed by atoms with Crippen molar-refractivity contribution in [2.75, 3.05) is 19.5 Å². The number of aromatic nitrogens is 1. The van der Waals surface area contributed by atoms with Gasteiger partial charge < -0.3 is 19.5 Å². The quantitative estimate of drug-likeness (QED) is 0.748. The van der Waals surface area contributed by atoms with E-state index in [4.69, 9.17) is 37.4 Å². The normalized spacial score (nSPS) is 11.4. The number of esters is 1. The predicted octanol–water partition coefficient (Wildman–Crippen LogP) is 3.59. The van der Waals surface area contributed by atoms with Crippen molar-refractivity contribution in [2.45, 2.75) is 13.0 Å².